The van der Waals surface area contributed by atoms with Crippen LogP contribution in [0.25, 0.3) is 0 Å². The molecule has 0 rings (SSSR count). The number of aliphatic carboxylic acids is 1. The molecule has 0 unspecified atom stereocenters. The van der Waals surface area contributed by atoms with Crippen LogP contribution >= 0.6 is 0 Å². The van der Waals surface area contributed by atoms with Crippen LogP contribution in [-0.2, 0) is 14.3 Å². The molecule has 0 amide bonds. The Balaban J connectivity index is 3.57. The van der Waals surface area contributed by atoms with Crippen molar-refractivity contribution < 1.29 is 19.4 Å². The average Bonchev–Trinajstić information content (AvgIpc) is 2.21. The van der Waals surface area contributed by atoms with Crippen LogP contribution in [0.2, 0.25) is 0 Å². The van der Waals surface area contributed by atoms with E-state index in [1.165, 1.54) is 0 Å². The molecular formula is C11H17NO4. The molecule has 1 N–H and O–H groups in total. The molecule has 0 heterocycles. The third-order valence-corrected chi connectivity index (χ3v) is 2.05. The molecule has 0 fully saturated rings. The van der Waals surface area contributed by atoms with Crippen molar-refractivity contribution in [2.45, 2.75) is 39.5 Å². The molecular weight excluding hydrogens is 210 g/mol. The van der Waals surface area contributed by atoms with Gasteiger partial charge < -0.3 is 9.84 Å². The van der Waals surface area contributed by atoms with Gasteiger partial charge in [0.15, 0.2) is 0 Å². The summed E-state index contributed by atoms with van der Waals surface area (Å²) in [5, 5.41) is 17.1. The van der Waals surface area contributed by atoms with E-state index in [4.69, 9.17) is 15.1 Å². The fraction of sp³-hybridized carbons (Fsp3) is 0.727. The molecule has 90 valence electrons. The first-order chi connectivity index (χ1) is 7.37. The summed E-state index contributed by atoms with van der Waals surface area (Å²) in [7, 11) is 0. The predicted molar refractivity (Wildman–Crippen MR) is 56.5 cm³/mol. The van der Waals surface area contributed by atoms with Gasteiger partial charge in [0.2, 0.25) is 0 Å². The highest BCUT2D eigenvalue weighted by Gasteiger charge is 2.16. The zero-order valence-corrected chi connectivity index (χ0v) is 9.65. The lowest BCUT2D eigenvalue weighted by molar-refractivity contribution is -0.147. The maximum Gasteiger partial charge on any atom is 0.306 e. The van der Waals surface area contributed by atoms with Crippen molar-refractivity contribution in [1.29, 1.82) is 5.26 Å². The molecule has 0 atom stereocenters. The molecule has 0 aromatic rings. The van der Waals surface area contributed by atoms with Crippen molar-refractivity contribution in [2.75, 3.05) is 6.61 Å². The Morgan fingerprint density at radius 2 is 2.00 bits per heavy atom. The van der Waals surface area contributed by atoms with E-state index in [0.29, 0.717) is 12.8 Å². The number of esters is 1. The SMILES string of the molecule is CC(C)(C#N)CCCOC(=O)CCC(=O)O. The normalized spacial score (nSPS) is 10.6. The first-order valence-corrected chi connectivity index (χ1v) is 5.16. The van der Waals surface area contributed by atoms with E-state index in [9.17, 15) is 9.59 Å². The Morgan fingerprint density at radius 1 is 1.38 bits per heavy atom. The highest BCUT2D eigenvalue weighted by molar-refractivity contribution is 5.76. The lowest BCUT2D eigenvalue weighted by Crippen LogP contribution is -2.12. The first kappa shape index (κ1) is 14.4. The molecule has 0 aliphatic rings. The fourth-order valence-electron chi connectivity index (χ4n) is 1.04. The molecule has 16 heavy (non-hydrogen) atoms. The second-order valence-electron chi connectivity index (χ2n) is 4.21. The second kappa shape index (κ2) is 6.83. The zero-order chi connectivity index (χ0) is 12.6. The van der Waals surface area contributed by atoms with Crippen molar-refractivity contribution in [1.82, 2.24) is 0 Å². The van der Waals surface area contributed by atoms with Gasteiger partial charge in [0.05, 0.1) is 30.9 Å². The van der Waals surface area contributed by atoms with E-state index in [0.717, 1.165) is 0 Å². The molecule has 0 spiro atoms. The van der Waals surface area contributed by atoms with E-state index in [2.05, 4.69) is 6.07 Å². The van der Waals surface area contributed by atoms with Gasteiger partial charge in [0, 0.05) is 0 Å². The number of rotatable bonds is 7. The summed E-state index contributed by atoms with van der Waals surface area (Å²) in [6.45, 7) is 3.88. The van der Waals surface area contributed by atoms with Crippen LogP contribution in [0, 0.1) is 16.7 Å². The summed E-state index contributed by atoms with van der Waals surface area (Å²) in [4.78, 5) is 21.2. The number of carbonyl (C=O) groups excluding carboxylic acids is 1. The van der Waals surface area contributed by atoms with Crippen LogP contribution in [0.5, 0.6) is 0 Å². The van der Waals surface area contributed by atoms with E-state index in [-0.39, 0.29) is 19.4 Å². The summed E-state index contributed by atoms with van der Waals surface area (Å²) in [6, 6.07) is 2.15. The van der Waals surface area contributed by atoms with Crippen molar-refractivity contribution in [3.63, 3.8) is 0 Å². The minimum Gasteiger partial charge on any atom is -0.481 e. The summed E-state index contributed by atoms with van der Waals surface area (Å²) < 4.78 is 4.82. The minimum atomic E-state index is -1.01. The van der Waals surface area contributed by atoms with Gasteiger partial charge in [-0.05, 0) is 26.7 Å². The summed E-state index contributed by atoms with van der Waals surface area (Å²) in [5.41, 5.74) is -0.409. The Morgan fingerprint density at radius 3 is 2.50 bits per heavy atom. The van der Waals surface area contributed by atoms with E-state index in [1.54, 1.807) is 0 Å². The standard InChI is InChI=1S/C11H17NO4/c1-11(2,8-12)6-3-7-16-10(15)5-4-9(13)14/h3-7H2,1-2H3,(H,13,14). The lowest BCUT2D eigenvalue weighted by Gasteiger charge is -2.14. The number of hydrogen-bond acceptors (Lipinski definition) is 4. The van der Waals surface area contributed by atoms with Crippen molar-refractivity contribution >= 4 is 11.9 Å². The van der Waals surface area contributed by atoms with Crippen LogP contribution in [0.3, 0.4) is 0 Å². The van der Waals surface area contributed by atoms with Crippen molar-refractivity contribution in [3.8, 4) is 6.07 Å². The van der Waals surface area contributed by atoms with Crippen LogP contribution in [0.4, 0.5) is 0 Å². The van der Waals surface area contributed by atoms with Gasteiger partial charge in [-0.2, -0.15) is 5.26 Å². The van der Waals surface area contributed by atoms with Crippen LogP contribution < -0.4 is 0 Å². The Kier molecular flexibility index (Phi) is 6.16. The van der Waals surface area contributed by atoms with Crippen molar-refractivity contribution in [2.24, 2.45) is 5.41 Å². The van der Waals surface area contributed by atoms with Gasteiger partial charge in [-0.3, -0.25) is 9.59 Å². The number of carboxylic acid groups (broad SMARTS) is 1. The molecule has 0 aromatic carbocycles. The van der Waals surface area contributed by atoms with Crippen LogP contribution in [0.1, 0.15) is 39.5 Å². The molecule has 0 radical (unpaired) electrons. The maximum atomic E-state index is 11.0. The van der Waals surface area contributed by atoms with Gasteiger partial charge in [0.25, 0.3) is 0 Å². The average molecular weight is 227 g/mol. The van der Waals surface area contributed by atoms with Crippen LogP contribution in [0.15, 0.2) is 0 Å². The number of ether oxygens (including phenoxy) is 1. The van der Waals surface area contributed by atoms with Gasteiger partial charge in [0.1, 0.15) is 0 Å². The lowest BCUT2D eigenvalue weighted by atomic mass is 9.90. The van der Waals surface area contributed by atoms with Crippen LogP contribution in [-0.4, -0.2) is 23.7 Å². The number of hydrogen-bond donors (Lipinski definition) is 1. The molecule has 5 nitrogen and oxygen atoms in total. The molecule has 0 aromatic heterocycles. The van der Waals surface area contributed by atoms with Gasteiger partial charge in [-0.25, -0.2) is 0 Å². The van der Waals surface area contributed by atoms with E-state index >= 15 is 0 Å². The molecule has 0 saturated carbocycles. The third kappa shape index (κ3) is 7.80. The first-order valence-electron chi connectivity index (χ1n) is 5.16. The second-order valence-corrected chi connectivity index (χ2v) is 4.21. The van der Waals surface area contributed by atoms with E-state index in [1.807, 2.05) is 13.8 Å². The largest absolute Gasteiger partial charge is 0.481 e. The number of carbonyl (C=O) groups is 2. The molecule has 0 bridgehead atoms. The summed E-state index contributed by atoms with van der Waals surface area (Å²) in [6.07, 6.45) is 0.953. The highest BCUT2D eigenvalue weighted by Crippen LogP contribution is 2.20. The highest BCUT2D eigenvalue weighted by atomic mass is 16.5. The van der Waals surface area contributed by atoms with Gasteiger partial charge >= 0.3 is 11.9 Å². The number of carboxylic acids is 1. The third-order valence-electron chi connectivity index (χ3n) is 2.05. The smallest absolute Gasteiger partial charge is 0.306 e. The van der Waals surface area contributed by atoms with E-state index < -0.39 is 17.4 Å². The van der Waals surface area contributed by atoms with Gasteiger partial charge in [-0.1, -0.05) is 0 Å². The minimum absolute atomic E-state index is 0.100. The number of nitriles is 1. The quantitative estimate of drug-likeness (QED) is 0.528. The Labute approximate surface area is 95.0 Å². The summed E-state index contributed by atoms with van der Waals surface area (Å²) >= 11 is 0. The number of nitrogens with zero attached hydrogens (tertiary/aromatic N) is 1. The molecule has 0 aliphatic carbocycles. The van der Waals surface area contributed by atoms with Crippen molar-refractivity contribution in [3.05, 3.63) is 0 Å². The topological polar surface area (TPSA) is 87.4 Å². The maximum absolute atomic E-state index is 11.0. The zero-order valence-electron chi connectivity index (χ0n) is 9.65. The monoisotopic (exact) mass is 227 g/mol. The fourth-order valence-corrected chi connectivity index (χ4v) is 1.04. The Hall–Kier alpha value is -1.57. The van der Waals surface area contributed by atoms with Gasteiger partial charge in [-0.15, -0.1) is 0 Å². The summed E-state index contributed by atoms with van der Waals surface area (Å²) in [5.74, 6) is -1.51. The molecule has 0 aliphatic heterocycles. The molecule has 0 saturated heterocycles. The Bertz CT molecular complexity index is 291. The predicted octanol–water partition coefficient (Wildman–Crippen LogP) is 1.72. The molecule has 5 heteroatoms.